The van der Waals surface area contributed by atoms with Crippen LogP contribution in [0.5, 0.6) is 0 Å². The standard InChI is InChI=1S/C8H13NO/c1-2-7(10)8-6-3-5(6)4-9-8/h5-6,8-9H,2-4H2,1H3. The van der Waals surface area contributed by atoms with Crippen molar-refractivity contribution in [2.45, 2.75) is 25.8 Å². The van der Waals surface area contributed by atoms with Gasteiger partial charge in [-0.2, -0.15) is 0 Å². The molecule has 1 saturated carbocycles. The second-order valence-corrected chi connectivity index (χ2v) is 3.37. The molecule has 3 atom stereocenters. The van der Waals surface area contributed by atoms with Gasteiger partial charge in [-0.15, -0.1) is 0 Å². The number of ketones is 1. The third-order valence-corrected chi connectivity index (χ3v) is 2.70. The van der Waals surface area contributed by atoms with Gasteiger partial charge in [0.1, 0.15) is 5.78 Å². The molecule has 10 heavy (non-hydrogen) atoms. The molecular weight excluding hydrogens is 126 g/mol. The van der Waals surface area contributed by atoms with Crippen molar-refractivity contribution in [2.75, 3.05) is 6.54 Å². The number of rotatable bonds is 2. The number of carbonyl (C=O) groups excluding carboxylic acids is 1. The zero-order valence-corrected chi connectivity index (χ0v) is 6.26. The Labute approximate surface area is 61.0 Å². The average Bonchev–Trinajstić information content (AvgIpc) is 2.62. The fourth-order valence-corrected chi connectivity index (χ4v) is 1.92. The maximum Gasteiger partial charge on any atom is 0.149 e. The minimum absolute atomic E-state index is 0.231. The molecule has 1 saturated heterocycles. The van der Waals surface area contributed by atoms with Crippen LogP contribution in [-0.2, 0) is 4.79 Å². The molecule has 0 aromatic rings. The zero-order chi connectivity index (χ0) is 7.14. The third-order valence-electron chi connectivity index (χ3n) is 2.70. The number of hydrogen-bond donors (Lipinski definition) is 1. The fraction of sp³-hybridized carbons (Fsp3) is 0.875. The summed E-state index contributed by atoms with van der Waals surface area (Å²) in [5.74, 6) is 1.97. The molecule has 0 aromatic heterocycles. The van der Waals surface area contributed by atoms with Crippen molar-refractivity contribution in [2.24, 2.45) is 11.8 Å². The summed E-state index contributed by atoms with van der Waals surface area (Å²) in [4.78, 5) is 11.2. The van der Waals surface area contributed by atoms with Gasteiger partial charge in [0.2, 0.25) is 0 Å². The van der Waals surface area contributed by atoms with Crippen molar-refractivity contribution in [1.82, 2.24) is 5.32 Å². The molecule has 0 amide bonds. The molecule has 2 aliphatic rings. The second-order valence-electron chi connectivity index (χ2n) is 3.37. The molecule has 1 N–H and O–H groups in total. The van der Waals surface area contributed by atoms with E-state index in [1.807, 2.05) is 6.92 Å². The van der Waals surface area contributed by atoms with E-state index >= 15 is 0 Å². The van der Waals surface area contributed by atoms with Crippen LogP contribution in [0.1, 0.15) is 19.8 Å². The van der Waals surface area contributed by atoms with E-state index in [4.69, 9.17) is 0 Å². The number of Topliss-reactive ketones (excluding diaryl/α,β-unsaturated/α-hetero) is 1. The molecule has 2 rings (SSSR count). The highest BCUT2D eigenvalue weighted by Gasteiger charge is 2.50. The summed E-state index contributed by atoms with van der Waals surface area (Å²) in [6, 6.07) is 0.231. The Balaban J connectivity index is 1.98. The molecule has 2 fully saturated rings. The van der Waals surface area contributed by atoms with Gasteiger partial charge >= 0.3 is 0 Å². The van der Waals surface area contributed by atoms with E-state index in [2.05, 4.69) is 5.32 Å². The lowest BCUT2D eigenvalue weighted by atomic mass is 10.1. The SMILES string of the molecule is CCC(=O)C1NCC2CC21. The van der Waals surface area contributed by atoms with Gasteiger partial charge in [0, 0.05) is 6.42 Å². The van der Waals surface area contributed by atoms with Crippen molar-refractivity contribution in [1.29, 1.82) is 0 Å². The van der Waals surface area contributed by atoms with E-state index in [1.165, 1.54) is 6.42 Å². The summed E-state index contributed by atoms with van der Waals surface area (Å²) >= 11 is 0. The number of carbonyl (C=O) groups is 1. The first-order valence-electron chi connectivity index (χ1n) is 4.09. The predicted molar refractivity (Wildman–Crippen MR) is 38.7 cm³/mol. The van der Waals surface area contributed by atoms with E-state index in [9.17, 15) is 4.79 Å². The highest BCUT2D eigenvalue weighted by Crippen LogP contribution is 2.45. The highest BCUT2D eigenvalue weighted by molar-refractivity contribution is 5.85. The Kier molecular flexibility index (Phi) is 1.31. The monoisotopic (exact) mass is 139 g/mol. The number of nitrogens with one attached hydrogen (secondary N) is 1. The van der Waals surface area contributed by atoms with E-state index in [1.54, 1.807) is 0 Å². The first-order chi connectivity index (χ1) is 4.83. The van der Waals surface area contributed by atoms with Gasteiger partial charge in [-0.05, 0) is 24.8 Å². The Hall–Kier alpha value is -0.370. The van der Waals surface area contributed by atoms with Crippen LogP contribution in [0.3, 0.4) is 0 Å². The third kappa shape index (κ3) is 0.788. The Morgan fingerprint density at radius 3 is 2.90 bits per heavy atom. The molecule has 1 aliphatic carbocycles. The van der Waals surface area contributed by atoms with Crippen LogP contribution < -0.4 is 5.32 Å². The van der Waals surface area contributed by atoms with Crippen molar-refractivity contribution in [3.05, 3.63) is 0 Å². The maximum atomic E-state index is 11.2. The summed E-state index contributed by atoms with van der Waals surface area (Å²) in [5.41, 5.74) is 0. The maximum absolute atomic E-state index is 11.2. The average molecular weight is 139 g/mol. The van der Waals surface area contributed by atoms with Gasteiger partial charge in [-0.3, -0.25) is 4.79 Å². The zero-order valence-electron chi connectivity index (χ0n) is 6.26. The number of piperidine rings is 1. The lowest BCUT2D eigenvalue weighted by Gasteiger charge is -2.09. The topological polar surface area (TPSA) is 29.1 Å². The van der Waals surface area contributed by atoms with Gasteiger partial charge in [0.05, 0.1) is 6.04 Å². The molecule has 3 unspecified atom stereocenters. The quantitative estimate of drug-likeness (QED) is 0.606. The molecule has 0 spiro atoms. The van der Waals surface area contributed by atoms with Crippen molar-refractivity contribution in [3.8, 4) is 0 Å². The Bertz CT molecular complexity index is 167. The van der Waals surface area contributed by atoms with E-state index in [0.29, 0.717) is 18.1 Å². The summed E-state index contributed by atoms with van der Waals surface area (Å²) in [6.45, 7) is 3.03. The summed E-state index contributed by atoms with van der Waals surface area (Å²) < 4.78 is 0. The molecule has 0 aromatic carbocycles. The first-order valence-corrected chi connectivity index (χ1v) is 4.09. The normalized spacial score (nSPS) is 43.1. The van der Waals surface area contributed by atoms with Crippen LogP contribution in [0.2, 0.25) is 0 Å². The first kappa shape index (κ1) is 6.35. The Morgan fingerprint density at radius 2 is 2.50 bits per heavy atom. The van der Waals surface area contributed by atoms with Crippen LogP contribution in [0, 0.1) is 11.8 Å². The molecule has 2 nitrogen and oxygen atoms in total. The molecule has 1 aliphatic heterocycles. The minimum atomic E-state index is 0.231. The number of fused-ring (bicyclic) bond motifs is 1. The summed E-state index contributed by atoms with van der Waals surface area (Å²) in [6.07, 6.45) is 1.99. The van der Waals surface area contributed by atoms with Gasteiger partial charge in [-0.25, -0.2) is 0 Å². The van der Waals surface area contributed by atoms with Gasteiger partial charge in [-0.1, -0.05) is 6.92 Å². The second kappa shape index (κ2) is 2.06. The minimum Gasteiger partial charge on any atom is -0.307 e. The smallest absolute Gasteiger partial charge is 0.149 e. The van der Waals surface area contributed by atoms with Crippen LogP contribution in [0.4, 0.5) is 0 Å². The van der Waals surface area contributed by atoms with Gasteiger partial charge in [0.25, 0.3) is 0 Å². The summed E-state index contributed by atoms with van der Waals surface area (Å²) in [7, 11) is 0. The lowest BCUT2D eigenvalue weighted by Crippen LogP contribution is -2.34. The molecule has 0 radical (unpaired) electrons. The molecular formula is C8H13NO. The van der Waals surface area contributed by atoms with Crippen LogP contribution in [0.25, 0.3) is 0 Å². The summed E-state index contributed by atoms with van der Waals surface area (Å²) in [5, 5.41) is 3.26. The number of hydrogen-bond acceptors (Lipinski definition) is 2. The van der Waals surface area contributed by atoms with Gasteiger partial charge in [0.15, 0.2) is 0 Å². The van der Waals surface area contributed by atoms with Crippen LogP contribution in [0.15, 0.2) is 0 Å². The van der Waals surface area contributed by atoms with Crippen molar-refractivity contribution < 1.29 is 4.79 Å². The lowest BCUT2D eigenvalue weighted by molar-refractivity contribution is -0.120. The fourth-order valence-electron chi connectivity index (χ4n) is 1.92. The van der Waals surface area contributed by atoms with Crippen molar-refractivity contribution >= 4 is 5.78 Å². The molecule has 2 heteroatoms. The van der Waals surface area contributed by atoms with E-state index < -0.39 is 0 Å². The van der Waals surface area contributed by atoms with E-state index in [-0.39, 0.29) is 6.04 Å². The van der Waals surface area contributed by atoms with Gasteiger partial charge < -0.3 is 5.32 Å². The predicted octanol–water partition coefficient (Wildman–Crippen LogP) is 0.573. The molecule has 0 bridgehead atoms. The largest absolute Gasteiger partial charge is 0.307 e. The molecule has 56 valence electrons. The Morgan fingerprint density at radius 1 is 1.70 bits per heavy atom. The van der Waals surface area contributed by atoms with Crippen LogP contribution in [-0.4, -0.2) is 18.4 Å². The van der Waals surface area contributed by atoms with Crippen LogP contribution >= 0.6 is 0 Å². The van der Waals surface area contributed by atoms with E-state index in [0.717, 1.165) is 12.5 Å². The highest BCUT2D eigenvalue weighted by atomic mass is 16.1. The molecule has 1 heterocycles. The van der Waals surface area contributed by atoms with Crippen molar-refractivity contribution in [3.63, 3.8) is 0 Å².